The van der Waals surface area contributed by atoms with Gasteiger partial charge in [-0.25, -0.2) is 4.39 Å². The van der Waals surface area contributed by atoms with Gasteiger partial charge in [0.05, 0.1) is 11.8 Å². The third kappa shape index (κ3) is 2.90. The summed E-state index contributed by atoms with van der Waals surface area (Å²) in [6.45, 7) is 0. The second-order valence-corrected chi connectivity index (χ2v) is 5.11. The molecule has 1 N–H and O–H groups in total. The number of anilines is 1. The Morgan fingerprint density at radius 2 is 1.94 bits per heavy atom. The predicted octanol–water partition coefficient (Wildman–Crippen LogP) is 3.22. The maximum absolute atomic E-state index is 13.7. The van der Waals surface area contributed by atoms with Crippen LogP contribution in [0, 0.1) is 5.82 Å². The number of nitrogens with zero attached hydrogens (tertiary/aromatic N) is 1. The first-order valence-corrected chi connectivity index (χ1v) is 6.31. The van der Waals surface area contributed by atoms with Crippen molar-refractivity contribution in [2.24, 2.45) is 0 Å². The summed E-state index contributed by atoms with van der Waals surface area (Å²) < 4.78 is 13.7. The summed E-state index contributed by atoms with van der Waals surface area (Å²) in [4.78, 5) is 1.94. The molecule has 1 aliphatic carbocycles. The Kier molecular flexibility index (Phi) is 3.89. The molecule has 94 valence electrons. The molecule has 0 amide bonds. The number of aliphatic hydroxyl groups excluding tert-OH is 1. The van der Waals surface area contributed by atoms with Crippen molar-refractivity contribution in [3.8, 4) is 0 Å². The number of rotatable bonds is 2. The van der Waals surface area contributed by atoms with Gasteiger partial charge in [-0.15, -0.1) is 0 Å². The molecule has 1 aromatic carbocycles. The molecular weight excluding hydrogens is 241 g/mol. The summed E-state index contributed by atoms with van der Waals surface area (Å²) in [6.07, 6.45) is 3.17. The van der Waals surface area contributed by atoms with Gasteiger partial charge in [-0.2, -0.15) is 0 Å². The number of hydrogen-bond donors (Lipinski definition) is 1. The summed E-state index contributed by atoms with van der Waals surface area (Å²) in [5.74, 6) is -0.247. The largest absolute Gasteiger partial charge is 0.393 e. The van der Waals surface area contributed by atoms with Gasteiger partial charge in [0.1, 0.15) is 5.82 Å². The minimum absolute atomic E-state index is 0.191. The number of halogens is 2. The Labute approximate surface area is 106 Å². The molecule has 1 aliphatic rings. The lowest BCUT2D eigenvalue weighted by Gasteiger charge is -2.34. The topological polar surface area (TPSA) is 23.5 Å². The molecule has 1 aromatic rings. The summed E-state index contributed by atoms with van der Waals surface area (Å²) in [5, 5.41) is 10.0. The van der Waals surface area contributed by atoms with E-state index in [0.29, 0.717) is 10.7 Å². The smallest absolute Gasteiger partial charge is 0.146 e. The second kappa shape index (κ2) is 5.23. The van der Waals surface area contributed by atoms with Crippen LogP contribution in [0.3, 0.4) is 0 Å². The fraction of sp³-hybridized carbons (Fsp3) is 0.538. The van der Waals surface area contributed by atoms with Crippen molar-refractivity contribution in [2.45, 2.75) is 37.8 Å². The highest BCUT2D eigenvalue weighted by atomic mass is 35.5. The van der Waals surface area contributed by atoms with Crippen LogP contribution in [0.25, 0.3) is 0 Å². The summed E-state index contributed by atoms with van der Waals surface area (Å²) in [6, 6.07) is 4.89. The first-order chi connectivity index (χ1) is 8.08. The molecule has 2 rings (SSSR count). The highest BCUT2D eigenvalue weighted by Gasteiger charge is 2.24. The molecule has 0 heterocycles. The number of hydrogen-bond acceptors (Lipinski definition) is 2. The molecule has 17 heavy (non-hydrogen) atoms. The first kappa shape index (κ1) is 12.7. The van der Waals surface area contributed by atoms with Gasteiger partial charge in [-0.3, -0.25) is 0 Å². The van der Waals surface area contributed by atoms with Gasteiger partial charge in [-0.05, 0) is 43.9 Å². The van der Waals surface area contributed by atoms with Crippen molar-refractivity contribution >= 4 is 17.3 Å². The van der Waals surface area contributed by atoms with E-state index in [2.05, 4.69) is 0 Å². The minimum atomic E-state index is -0.247. The lowest BCUT2D eigenvalue weighted by atomic mass is 9.92. The maximum atomic E-state index is 13.7. The van der Waals surface area contributed by atoms with Crippen molar-refractivity contribution in [1.82, 2.24) is 0 Å². The lowest BCUT2D eigenvalue weighted by Crippen LogP contribution is -2.36. The van der Waals surface area contributed by atoms with Crippen LogP contribution in [0.4, 0.5) is 10.1 Å². The normalized spacial score (nSPS) is 24.7. The van der Waals surface area contributed by atoms with E-state index < -0.39 is 0 Å². The van der Waals surface area contributed by atoms with E-state index in [4.69, 9.17) is 11.6 Å². The van der Waals surface area contributed by atoms with E-state index >= 15 is 0 Å². The molecule has 0 saturated heterocycles. The molecule has 0 aliphatic heterocycles. The molecule has 2 nitrogen and oxygen atoms in total. The van der Waals surface area contributed by atoms with Crippen LogP contribution in [0.5, 0.6) is 0 Å². The first-order valence-electron chi connectivity index (χ1n) is 5.94. The van der Waals surface area contributed by atoms with Gasteiger partial charge in [0, 0.05) is 18.1 Å². The average molecular weight is 258 g/mol. The second-order valence-electron chi connectivity index (χ2n) is 4.67. The van der Waals surface area contributed by atoms with Crippen LogP contribution >= 0.6 is 11.6 Å². The van der Waals surface area contributed by atoms with E-state index in [1.165, 1.54) is 6.07 Å². The summed E-state index contributed by atoms with van der Waals surface area (Å²) in [5.41, 5.74) is 0.541. The van der Waals surface area contributed by atoms with E-state index in [1.807, 2.05) is 11.9 Å². The summed E-state index contributed by atoms with van der Waals surface area (Å²) >= 11 is 5.89. The fourth-order valence-corrected chi connectivity index (χ4v) is 2.56. The highest BCUT2D eigenvalue weighted by molar-refractivity contribution is 6.30. The van der Waals surface area contributed by atoms with Gasteiger partial charge < -0.3 is 10.0 Å². The zero-order valence-electron chi connectivity index (χ0n) is 9.87. The number of aliphatic hydroxyl groups is 1. The van der Waals surface area contributed by atoms with Crippen LogP contribution in [0.15, 0.2) is 18.2 Å². The monoisotopic (exact) mass is 257 g/mol. The molecule has 1 saturated carbocycles. The average Bonchev–Trinajstić information content (AvgIpc) is 2.32. The molecule has 0 bridgehead atoms. The number of benzene rings is 1. The Morgan fingerprint density at radius 1 is 1.29 bits per heavy atom. The van der Waals surface area contributed by atoms with Crippen LogP contribution < -0.4 is 4.90 Å². The molecular formula is C13H17ClFNO. The van der Waals surface area contributed by atoms with Crippen LogP contribution in [-0.4, -0.2) is 24.3 Å². The highest BCUT2D eigenvalue weighted by Crippen LogP contribution is 2.29. The van der Waals surface area contributed by atoms with Crippen LogP contribution in [0.2, 0.25) is 5.02 Å². The molecule has 1 fully saturated rings. The van der Waals surface area contributed by atoms with E-state index in [9.17, 15) is 9.50 Å². The Hall–Kier alpha value is -0.800. The van der Waals surface area contributed by atoms with Gasteiger partial charge in [0.25, 0.3) is 0 Å². The van der Waals surface area contributed by atoms with Crippen molar-refractivity contribution in [3.63, 3.8) is 0 Å². The lowest BCUT2D eigenvalue weighted by molar-refractivity contribution is 0.122. The van der Waals surface area contributed by atoms with Gasteiger partial charge in [0.2, 0.25) is 0 Å². The van der Waals surface area contributed by atoms with Crippen molar-refractivity contribution in [1.29, 1.82) is 0 Å². The van der Waals surface area contributed by atoms with Gasteiger partial charge in [-0.1, -0.05) is 11.6 Å². The van der Waals surface area contributed by atoms with Crippen molar-refractivity contribution in [3.05, 3.63) is 29.0 Å². The predicted molar refractivity (Wildman–Crippen MR) is 68.1 cm³/mol. The van der Waals surface area contributed by atoms with Gasteiger partial charge >= 0.3 is 0 Å². The SMILES string of the molecule is CN(c1cc(Cl)ccc1F)C1CCC(O)CC1. The Bertz CT molecular complexity index is 391. The quantitative estimate of drug-likeness (QED) is 0.879. The summed E-state index contributed by atoms with van der Waals surface area (Å²) in [7, 11) is 1.89. The van der Waals surface area contributed by atoms with E-state index in [0.717, 1.165) is 25.7 Å². The Balaban J connectivity index is 2.13. The minimum Gasteiger partial charge on any atom is -0.393 e. The van der Waals surface area contributed by atoms with E-state index in [-0.39, 0.29) is 18.0 Å². The Morgan fingerprint density at radius 3 is 2.59 bits per heavy atom. The third-order valence-electron chi connectivity index (χ3n) is 3.50. The van der Waals surface area contributed by atoms with Crippen molar-refractivity contribution in [2.75, 3.05) is 11.9 Å². The molecule has 0 radical (unpaired) electrons. The molecule has 0 spiro atoms. The zero-order chi connectivity index (χ0) is 12.4. The molecule has 0 aromatic heterocycles. The molecule has 0 atom stereocenters. The molecule has 4 heteroatoms. The molecule has 0 unspecified atom stereocenters. The van der Waals surface area contributed by atoms with Crippen LogP contribution in [0.1, 0.15) is 25.7 Å². The zero-order valence-corrected chi connectivity index (χ0v) is 10.6. The van der Waals surface area contributed by atoms with E-state index in [1.54, 1.807) is 12.1 Å². The van der Waals surface area contributed by atoms with Crippen LogP contribution in [-0.2, 0) is 0 Å². The maximum Gasteiger partial charge on any atom is 0.146 e. The van der Waals surface area contributed by atoms with Crippen molar-refractivity contribution < 1.29 is 9.50 Å². The standard InChI is InChI=1S/C13H17ClFNO/c1-16(10-3-5-11(17)6-4-10)13-8-9(14)2-7-12(13)15/h2,7-8,10-11,17H,3-6H2,1H3. The fourth-order valence-electron chi connectivity index (χ4n) is 2.40. The third-order valence-corrected chi connectivity index (χ3v) is 3.74. The van der Waals surface area contributed by atoms with Gasteiger partial charge in [0.15, 0.2) is 0 Å².